The van der Waals surface area contributed by atoms with Crippen molar-refractivity contribution in [2.45, 2.75) is 25.4 Å². The predicted molar refractivity (Wildman–Crippen MR) is 49.3 cm³/mol. The molecule has 1 aliphatic carbocycles. The van der Waals surface area contributed by atoms with Crippen LogP contribution in [-0.2, 0) is 5.60 Å². The van der Waals surface area contributed by atoms with Gasteiger partial charge in [-0.3, -0.25) is 0 Å². The zero-order valence-electron chi connectivity index (χ0n) is 7.27. The Bertz CT molecular complexity index is 358. The first-order chi connectivity index (χ1) is 6.04. The number of aliphatic hydroxyl groups is 1. The average Bonchev–Trinajstić information content (AvgIpc) is 2.80. The molecule has 1 saturated carbocycles. The van der Waals surface area contributed by atoms with Crippen LogP contribution < -0.4 is 0 Å². The van der Waals surface area contributed by atoms with E-state index in [-0.39, 0.29) is 5.02 Å². The summed E-state index contributed by atoms with van der Waals surface area (Å²) in [6.07, 6.45) is 1.35. The molecule has 70 valence electrons. The minimum Gasteiger partial charge on any atom is -0.385 e. The summed E-state index contributed by atoms with van der Waals surface area (Å²) >= 11 is 5.79. The second-order valence-corrected chi connectivity index (χ2v) is 3.97. The molecule has 0 aliphatic heterocycles. The maximum Gasteiger partial charge on any atom is 0.145 e. The average molecular weight is 201 g/mol. The highest BCUT2D eigenvalue weighted by Gasteiger charge is 2.44. The minimum atomic E-state index is -0.856. The van der Waals surface area contributed by atoms with E-state index in [0.29, 0.717) is 24.0 Å². The molecule has 0 atom stereocenters. The third kappa shape index (κ3) is 1.34. The summed E-state index contributed by atoms with van der Waals surface area (Å²) in [6.45, 7) is 1.65. The lowest BCUT2D eigenvalue weighted by Crippen LogP contribution is -2.06. The predicted octanol–water partition coefficient (Wildman–Crippen LogP) is 2.77. The molecule has 0 bridgehead atoms. The van der Waals surface area contributed by atoms with Gasteiger partial charge in [-0.2, -0.15) is 0 Å². The van der Waals surface area contributed by atoms with E-state index in [1.165, 1.54) is 0 Å². The Morgan fingerprint density at radius 3 is 2.62 bits per heavy atom. The van der Waals surface area contributed by atoms with Crippen molar-refractivity contribution in [3.63, 3.8) is 0 Å². The fraction of sp³-hybridized carbons (Fsp3) is 0.400. The summed E-state index contributed by atoms with van der Waals surface area (Å²) in [4.78, 5) is 0. The van der Waals surface area contributed by atoms with Gasteiger partial charge in [0.1, 0.15) is 5.82 Å². The van der Waals surface area contributed by atoms with Crippen molar-refractivity contribution in [3.8, 4) is 0 Å². The van der Waals surface area contributed by atoms with Crippen LogP contribution >= 0.6 is 11.6 Å². The van der Waals surface area contributed by atoms with Crippen LogP contribution in [0.4, 0.5) is 4.39 Å². The van der Waals surface area contributed by atoms with Gasteiger partial charge in [0.2, 0.25) is 0 Å². The van der Waals surface area contributed by atoms with E-state index in [9.17, 15) is 9.50 Å². The molecule has 0 saturated heterocycles. The molecule has 13 heavy (non-hydrogen) atoms. The Morgan fingerprint density at radius 2 is 2.08 bits per heavy atom. The lowest BCUT2D eigenvalue weighted by Gasteiger charge is -2.11. The van der Waals surface area contributed by atoms with Gasteiger partial charge in [0.25, 0.3) is 0 Å². The van der Waals surface area contributed by atoms with Crippen LogP contribution in [0.5, 0.6) is 0 Å². The van der Waals surface area contributed by atoms with Crippen LogP contribution in [0.3, 0.4) is 0 Å². The van der Waals surface area contributed by atoms with Gasteiger partial charge < -0.3 is 5.11 Å². The molecule has 1 nitrogen and oxygen atoms in total. The Balaban J connectivity index is 2.54. The van der Waals surface area contributed by atoms with Gasteiger partial charge in [-0.05, 0) is 25.3 Å². The second kappa shape index (κ2) is 2.69. The maximum absolute atomic E-state index is 13.3. The van der Waals surface area contributed by atoms with Crippen molar-refractivity contribution >= 4 is 11.6 Å². The van der Waals surface area contributed by atoms with Crippen LogP contribution in [-0.4, -0.2) is 5.11 Å². The number of rotatable bonds is 1. The molecule has 1 aliphatic rings. The normalized spacial score (nSPS) is 18.8. The van der Waals surface area contributed by atoms with Gasteiger partial charge in [-0.1, -0.05) is 23.7 Å². The molecule has 1 aromatic rings. The smallest absolute Gasteiger partial charge is 0.145 e. The van der Waals surface area contributed by atoms with Crippen molar-refractivity contribution in [1.29, 1.82) is 0 Å². The van der Waals surface area contributed by atoms with Crippen LogP contribution in [0.2, 0.25) is 5.02 Å². The summed E-state index contributed by atoms with van der Waals surface area (Å²) < 4.78 is 13.3. The van der Waals surface area contributed by atoms with Crippen LogP contribution in [0.15, 0.2) is 12.1 Å². The molecule has 0 heterocycles. The Kier molecular flexibility index (Phi) is 1.86. The van der Waals surface area contributed by atoms with Crippen molar-refractivity contribution < 1.29 is 9.50 Å². The van der Waals surface area contributed by atoms with E-state index in [4.69, 9.17) is 11.6 Å². The fourth-order valence-corrected chi connectivity index (χ4v) is 1.78. The fourth-order valence-electron chi connectivity index (χ4n) is 1.39. The number of hydrogen-bond donors (Lipinski definition) is 1. The second-order valence-electron chi connectivity index (χ2n) is 3.59. The van der Waals surface area contributed by atoms with E-state index >= 15 is 0 Å². The van der Waals surface area contributed by atoms with Gasteiger partial charge in [0.15, 0.2) is 0 Å². The molecule has 1 aromatic carbocycles. The van der Waals surface area contributed by atoms with E-state index < -0.39 is 11.4 Å². The van der Waals surface area contributed by atoms with E-state index in [1.807, 2.05) is 0 Å². The summed E-state index contributed by atoms with van der Waals surface area (Å²) in [5.74, 6) is -0.417. The molecule has 1 fully saturated rings. The molecule has 2 rings (SSSR count). The van der Waals surface area contributed by atoms with E-state index in [0.717, 1.165) is 0 Å². The topological polar surface area (TPSA) is 20.2 Å². The molecule has 0 spiro atoms. The van der Waals surface area contributed by atoms with Crippen LogP contribution in [0.1, 0.15) is 24.0 Å². The number of benzene rings is 1. The van der Waals surface area contributed by atoms with E-state index in [1.54, 1.807) is 19.1 Å². The van der Waals surface area contributed by atoms with Crippen molar-refractivity contribution in [1.82, 2.24) is 0 Å². The van der Waals surface area contributed by atoms with Gasteiger partial charge >= 0.3 is 0 Å². The highest BCUT2D eigenvalue weighted by molar-refractivity contribution is 6.31. The molecular weight excluding hydrogens is 191 g/mol. The summed E-state index contributed by atoms with van der Waals surface area (Å²) in [7, 11) is 0. The largest absolute Gasteiger partial charge is 0.385 e. The third-order valence-electron chi connectivity index (χ3n) is 2.50. The van der Waals surface area contributed by atoms with Crippen molar-refractivity contribution in [3.05, 3.63) is 34.1 Å². The first-order valence-corrected chi connectivity index (χ1v) is 4.60. The number of aryl methyl sites for hydroxylation is 1. The molecule has 1 N–H and O–H groups in total. The quantitative estimate of drug-likeness (QED) is 0.739. The third-order valence-corrected chi connectivity index (χ3v) is 2.87. The molecule has 0 aromatic heterocycles. The van der Waals surface area contributed by atoms with E-state index in [2.05, 4.69) is 0 Å². The van der Waals surface area contributed by atoms with Crippen LogP contribution in [0, 0.1) is 12.7 Å². The molecule has 3 heteroatoms. The van der Waals surface area contributed by atoms with Gasteiger partial charge in [0.05, 0.1) is 10.6 Å². The highest BCUT2D eigenvalue weighted by atomic mass is 35.5. The highest BCUT2D eigenvalue weighted by Crippen LogP contribution is 2.48. The van der Waals surface area contributed by atoms with Gasteiger partial charge in [0, 0.05) is 5.56 Å². The standard InChI is InChI=1S/C10H10ClFO/c1-6-2-3-7(8(11)9(6)12)10(13)4-5-10/h2-3,13H,4-5H2,1H3. The summed E-state index contributed by atoms with van der Waals surface area (Å²) in [6, 6.07) is 3.35. The van der Waals surface area contributed by atoms with Crippen LogP contribution in [0.25, 0.3) is 0 Å². The Labute approximate surface area is 81.1 Å². The van der Waals surface area contributed by atoms with Gasteiger partial charge in [-0.25, -0.2) is 4.39 Å². The Hall–Kier alpha value is -0.600. The lowest BCUT2D eigenvalue weighted by atomic mass is 10.1. The number of halogens is 2. The zero-order valence-corrected chi connectivity index (χ0v) is 8.03. The van der Waals surface area contributed by atoms with Crippen molar-refractivity contribution in [2.75, 3.05) is 0 Å². The number of hydrogen-bond acceptors (Lipinski definition) is 1. The molecule has 0 amide bonds. The Morgan fingerprint density at radius 1 is 1.46 bits per heavy atom. The first kappa shape index (κ1) is 8.97. The first-order valence-electron chi connectivity index (χ1n) is 4.22. The maximum atomic E-state index is 13.3. The monoisotopic (exact) mass is 200 g/mol. The molecule has 0 unspecified atom stereocenters. The minimum absolute atomic E-state index is 0.0694. The molecule has 0 radical (unpaired) electrons. The zero-order chi connectivity index (χ0) is 9.64. The molecular formula is C10H10ClFO. The lowest BCUT2D eigenvalue weighted by molar-refractivity contribution is 0.151. The van der Waals surface area contributed by atoms with Gasteiger partial charge in [-0.15, -0.1) is 0 Å². The summed E-state index contributed by atoms with van der Waals surface area (Å²) in [5.41, 5.74) is 0.182. The summed E-state index contributed by atoms with van der Waals surface area (Å²) in [5, 5.41) is 9.81. The SMILES string of the molecule is Cc1ccc(C2(O)CC2)c(Cl)c1F. The van der Waals surface area contributed by atoms with Crippen molar-refractivity contribution in [2.24, 2.45) is 0 Å².